The fraction of sp³-hybridized carbons (Fsp3) is 0. The first-order chi connectivity index (χ1) is 7.58. The molecular weight excluding hydrogens is 229 g/mol. The van der Waals surface area contributed by atoms with E-state index in [1.165, 1.54) is 12.1 Å². The molecule has 82 valence electrons. The van der Waals surface area contributed by atoms with Crippen molar-refractivity contribution in [2.24, 2.45) is 0 Å². The van der Waals surface area contributed by atoms with Gasteiger partial charge in [0.2, 0.25) is 0 Å². The SMILES string of the molecule is Nc1cc(-c2ccc(F)cc2)sc1C(=O)O. The van der Waals surface area contributed by atoms with Gasteiger partial charge in [-0.05, 0) is 23.8 Å². The van der Waals surface area contributed by atoms with Gasteiger partial charge in [0.05, 0.1) is 5.69 Å². The van der Waals surface area contributed by atoms with Gasteiger partial charge in [-0.15, -0.1) is 11.3 Å². The molecule has 1 aromatic heterocycles. The molecule has 0 radical (unpaired) electrons. The van der Waals surface area contributed by atoms with E-state index in [2.05, 4.69) is 0 Å². The van der Waals surface area contributed by atoms with E-state index in [4.69, 9.17) is 10.8 Å². The molecule has 3 nitrogen and oxygen atoms in total. The van der Waals surface area contributed by atoms with Crippen molar-refractivity contribution in [1.82, 2.24) is 0 Å². The summed E-state index contributed by atoms with van der Waals surface area (Å²) in [5.41, 5.74) is 6.55. The normalized spacial score (nSPS) is 10.3. The Labute approximate surface area is 95.0 Å². The summed E-state index contributed by atoms with van der Waals surface area (Å²) >= 11 is 1.08. The minimum Gasteiger partial charge on any atom is -0.477 e. The van der Waals surface area contributed by atoms with Crippen LogP contribution in [0.1, 0.15) is 9.67 Å². The zero-order valence-corrected chi connectivity index (χ0v) is 8.92. The first-order valence-corrected chi connectivity index (χ1v) is 5.28. The molecule has 5 heteroatoms. The molecule has 0 saturated carbocycles. The van der Waals surface area contributed by atoms with Crippen LogP contribution in [-0.4, -0.2) is 11.1 Å². The predicted molar refractivity (Wildman–Crippen MR) is 61.1 cm³/mol. The van der Waals surface area contributed by atoms with E-state index < -0.39 is 5.97 Å². The van der Waals surface area contributed by atoms with Crippen LogP contribution >= 0.6 is 11.3 Å². The molecule has 0 saturated heterocycles. The van der Waals surface area contributed by atoms with Crippen LogP contribution in [0, 0.1) is 5.82 Å². The van der Waals surface area contributed by atoms with Gasteiger partial charge in [0.25, 0.3) is 0 Å². The van der Waals surface area contributed by atoms with Gasteiger partial charge in [-0.1, -0.05) is 12.1 Å². The lowest BCUT2D eigenvalue weighted by Crippen LogP contribution is -1.96. The number of hydrogen-bond donors (Lipinski definition) is 2. The van der Waals surface area contributed by atoms with Crippen molar-refractivity contribution < 1.29 is 14.3 Å². The molecule has 0 aliphatic rings. The molecule has 0 bridgehead atoms. The zero-order valence-electron chi connectivity index (χ0n) is 8.11. The monoisotopic (exact) mass is 237 g/mol. The summed E-state index contributed by atoms with van der Waals surface area (Å²) in [6.07, 6.45) is 0. The average molecular weight is 237 g/mol. The molecule has 0 amide bonds. The predicted octanol–water partition coefficient (Wildman–Crippen LogP) is 2.83. The van der Waals surface area contributed by atoms with Gasteiger partial charge in [0, 0.05) is 4.88 Å². The van der Waals surface area contributed by atoms with Gasteiger partial charge in [-0.3, -0.25) is 0 Å². The van der Waals surface area contributed by atoms with Crippen molar-refractivity contribution in [3.63, 3.8) is 0 Å². The highest BCUT2D eigenvalue weighted by Gasteiger charge is 2.13. The maximum Gasteiger partial charge on any atom is 0.348 e. The van der Waals surface area contributed by atoms with Gasteiger partial charge in [0.1, 0.15) is 10.7 Å². The number of aromatic carboxylic acids is 1. The second-order valence-corrected chi connectivity index (χ2v) is 4.26. The van der Waals surface area contributed by atoms with Crippen LogP contribution in [0.25, 0.3) is 10.4 Å². The summed E-state index contributed by atoms with van der Waals surface area (Å²) in [5, 5.41) is 8.84. The number of carboxylic acid groups (broad SMARTS) is 1. The van der Waals surface area contributed by atoms with E-state index in [0.717, 1.165) is 21.8 Å². The Balaban J connectivity index is 2.45. The third-order valence-corrected chi connectivity index (χ3v) is 3.27. The number of halogens is 1. The second kappa shape index (κ2) is 3.94. The quantitative estimate of drug-likeness (QED) is 0.844. The van der Waals surface area contributed by atoms with Gasteiger partial charge in [-0.2, -0.15) is 0 Å². The van der Waals surface area contributed by atoms with Crippen LogP contribution in [0.3, 0.4) is 0 Å². The molecule has 0 fully saturated rings. The molecule has 0 aliphatic carbocycles. The minimum absolute atomic E-state index is 0.110. The lowest BCUT2D eigenvalue weighted by atomic mass is 10.2. The Kier molecular flexibility index (Phi) is 2.62. The molecule has 2 rings (SSSR count). The van der Waals surface area contributed by atoms with E-state index in [0.29, 0.717) is 0 Å². The summed E-state index contributed by atoms with van der Waals surface area (Å²) in [5.74, 6) is -1.37. The van der Waals surface area contributed by atoms with E-state index in [1.54, 1.807) is 18.2 Å². The first kappa shape index (κ1) is 10.6. The molecule has 0 aliphatic heterocycles. The fourth-order valence-electron chi connectivity index (χ4n) is 1.33. The first-order valence-electron chi connectivity index (χ1n) is 4.46. The van der Waals surface area contributed by atoms with Crippen LogP contribution in [-0.2, 0) is 0 Å². The third-order valence-electron chi connectivity index (χ3n) is 2.08. The van der Waals surface area contributed by atoms with Gasteiger partial charge < -0.3 is 10.8 Å². The number of hydrogen-bond acceptors (Lipinski definition) is 3. The molecule has 0 spiro atoms. The highest BCUT2D eigenvalue weighted by Crippen LogP contribution is 2.33. The van der Waals surface area contributed by atoms with Crippen LogP contribution in [0.2, 0.25) is 0 Å². The smallest absolute Gasteiger partial charge is 0.348 e. The van der Waals surface area contributed by atoms with Crippen LogP contribution in [0.4, 0.5) is 10.1 Å². The largest absolute Gasteiger partial charge is 0.477 e. The Morgan fingerprint density at radius 2 is 1.94 bits per heavy atom. The number of anilines is 1. The minimum atomic E-state index is -1.05. The van der Waals surface area contributed by atoms with Crippen LogP contribution in [0.15, 0.2) is 30.3 Å². The topological polar surface area (TPSA) is 63.3 Å². The molecule has 3 N–H and O–H groups in total. The number of rotatable bonds is 2. The summed E-state index contributed by atoms with van der Waals surface area (Å²) in [4.78, 5) is 11.6. The summed E-state index contributed by atoms with van der Waals surface area (Å²) in [6, 6.07) is 7.41. The van der Waals surface area contributed by atoms with Crippen LogP contribution < -0.4 is 5.73 Å². The maximum absolute atomic E-state index is 12.7. The third kappa shape index (κ3) is 1.90. The molecule has 2 aromatic rings. The average Bonchev–Trinajstić information content (AvgIpc) is 2.61. The Bertz CT molecular complexity index is 533. The van der Waals surface area contributed by atoms with Gasteiger partial charge >= 0.3 is 5.97 Å². The maximum atomic E-state index is 12.7. The molecule has 1 aromatic carbocycles. The Morgan fingerprint density at radius 1 is 1.31 bits per heavy atom. The van der Waals surface area contributed by atoms with E-state index >= 15 is 0 Å². The van der Waals surface area contributed by atoms with Crippen molar-refractivity contribution in [3.8, 4) is 10.4 Å². The lowest BCUT2D eigenvalue weighted by Gasteiger charge is -1.95. The van der Waals surface area contributed by atoms with Gasteiger partial charge in [0.15, 0.2) is 0 Å². The number of carboxylic acids is 1. The molecule has 16 heavy (non-hydrogen) atoms. The molecular formula is C11H8FNO2S. The van der Waals surface area contributed by atoms with Crippen molar-refractivity contribution >= 4 is 23.0 Å². The van der Waals surface area contributed by atoms with Crippen LogP contribution in [0.5, 0.6) is 0 Å². The highest BCUT2D eigenvalue weighted by molar-refractivity contribution is 7.17. The number of nitrogen functional groups attached to an aromatic ring is 1. The van der Waals surface area contributed by atoms with Crippen molar-refractivity contribution in [2.45, 2.75) is 0 Å². The van der Waals surface area contributed by atoms with E-state index in [1.807, 2.05) is 0 Å². The Hall–Kier alpha value is -1.88. The van der Waals surface area contributed by atoms with Crippen molar-refractivity contribution in [2.75, 3.05) is 5.73 Å². The van der Waals surface area contributed by atoms with E-state index in [9.17, 15) is 9.18 Å². The van der Waals surface area contributed by atoms with Gasteiger partial charge in [-0.25, -0.2) is 9.18 Å². The fourth-order valence-corrected chi connectivity index (χ4v) is 2.25. The number of nitrogens with two attached hydrogens (primary N) is 1. The second-order valence-electron chi connectivity index (χ2n) is 3.21. The number of benzene rings is 1. The Morgan fingerprint density at radius 3 is 2.44 bits per heavy atom. The lowest BCUT2D eigenvalue weighted by molar-refractivity contribution is 0.0703. The summed E-state index contributed by atoms with van der Waals surface area (Å²) < 4.78 is 12.7. The number of carbonyl (C=O) groups is 1. The standard InChI is InChI=1S/C11H8FNO2S/c12-7-3-1-6(2-4-7)9-5-8(13)10(16-9)11(14)15/h1-5H,13H2,(H,14,15). The molecule has 0 unspecified atom stereocenters. The molecule has 1 heterocycles. The van der Waals surface area contributed by atoms with E-state index in [-0.39, 0.29) is 16.4 Å². The molecule has 0 atom stereocenters. The highest BCUT2D eigenvalue weighted by atomic mass is 32.1. The summed E-state index contributed by atoms with van der Waals surface area (Å²) in [7, 11) is 0. The summed E-state index contributed by atoms with van der Waals surface area (Å²) in [6.45, 7) is 0. The van der Waals surface area contributed by atoms with Crippen molar-refractivity contribution in [1.29, 1.82) is 0 Å². The van der Waals surface area contributed by atoms with Crippen molar-refractivity contribution in [3.05, 3.63) is 41.0 Å². The zero-order chi connectivity index (χ0) is 11.7. The number of thiophene rings is 1.